The van der Waals surface area contributed by atoms with E-state index in [2.05, 4.69) is 29.3 Å². The molecular formula is C16H21N3O3. The Labute approximate surface area is 129 Å². The molecule has 6 nitrogen and oxygen atoms in total. The highest BCUT2D eigenvalue weighted by Crippen LogP contribution is 2.19. The first-order valence-electron chi connectivity index (χ1n) is 7.32. The molecule has 0 spiro atoms. The van der Waals surface area contributed by atoms with Gasteiger partial charge in [-0.15, -0.1) is 0 Å². The standard InChI is InChI=1S/C16H21N3O3/c1-11(2)8-9-17-14(20)10-15-18-16(19-22-15)12-4-6-13(21-3)7-5-12/h4-7,11H,8-10H2,1-3H3,(H,17,20). The molecule has 0 aliphatic rings. The Morgan fingerprint density at radius 2 is 2.05 bits per heavy atom. The molecule has 0 saturated heterocycles. The van der Waals surface area contributed by atoms with Crippen LogP contribution in [0.2, 0.25) is 0 Å². The van der Waals surface area contributed by atoms with Crippen molar-refractivity contribution in [3.8, 4) is 17.1 Å². The number of nitrogens with zero attached hydrogens (tertiary/aromatic N) is 2. The smallest absolute Gasteiger partial charge is 0.236 e. The van der Waals surface area contributed by atoms with Gasteiger partial charge in [0.25, 0.3) is 0 Å². The van der Waals surface area contributed by atoms with E-state index in [1.807, 2.05) is 24.3 Å². The van der Waals surface area contributed by atoms with E-state index in [0.717, 1.165) is 17.7 Å². The Bertz CT molecular complexity index is 605. The maximum absolute atomic E-state index is 11.8. The number of benzene rings is 1. The fourth-order valence-corrected chi connectivity index (χ4v) is 1.88. The number of carbonyl (C=O) groups is 1. The first-order chi connectivity index (χ1) is 10.6. The molecule has 1 aromatic heterocycles. The lowest BCUT2D eigenvalue weighted by Gasteiger charge is -2.05. The first-order valence-corrected chi connectivity index (χ1v) is 7.32. The van der Waals surface area contributed by atoms with Gasteiger partial charge in [0.1, 0.15) is 12.2 Å². The van der Waals surface area contributed by atoms with Crippen LogP contribution in [0.15, 0.2) is 28.8 Å². The van der Waals surface area contributed by atoms with Crippen molar-refractivity contribution in [3.05, 3.63) is 30.2 Å². The molecule has 0 aliphatic heterocycles. The highest BCUT2D eigenvalue weighted by Gasteiger charge is 2.12. The summed E-state index contributed by atoms with van der Waals surface area (Å²) < 4.78 is 10.2. The number of hydrogen-bond acceptors (Lipinski definition) is 5. The molecule has 118 valence electrons. The minimum Gasteiger partial charge on any atom is -0.497 e. The van der Waals surface area contributed by atoms with Gasteiger partial charge in [0.05, 0.1) is 7.11 Å². The van der Waals surface area contributed by atoms with E-state index in [-0.39, 0.29) is 12.3 Å². The lowest BCUT2D eigenvalue weighted by molar-refractivity contribution is -0.120. The van der Waals surface area contributed by atoms with Crippen LogP contribution in [0.1, 0.15) is 26.2 Å². The first kappa shape index (κ1) is 16.0. The molecule has 6 heteroatoms. The summed E-state index contributed by atoms with van der Waals surface area (Å²) in [5.41, 5.74) is 0.816. The van der Waals surface area contributed by atoms with Crippen LogP contribution in [0.3, 0.4) is 0 Å². The highest BCUT2D eigenvalue weighted by molar-refractivity contribution is 5.77. The molecule has 2 aromatic rings. The van der Waals surface area contributed by atoms with Crippen LogP contribution in [0.25, 0.3) is 11.4 Å². The fourth-order valence-electron chi connectivity index (χ4n) is 1.88. The quantitative estimate of drug-likeness (QED) is 0.850. The van der Waals surface area contributed by atoms with Gasteiger partial charge < -0.3 is 14.6 Å². The highest BCUT2D eigenvalue weighted by atomic mass is 16.5. The molecule has 0 radical (unpaired) electrons. The van der Waals surface area contributed by atoms with Gasteiger partial charge in [-0.3, -0.25) is 4.79 Å². The van der Waals surface area contributed by atoms with E-state index in [1.54, 1.807) is 7.11 Å². The zero-order valence-corrected chi connectivity index (χ0v) is 13.1. The topological polar surface area (TPSA) is 77.2 Å². The van der Waals surface area contributed by atoms with Crippen molar-refractivity contribution in [2.45, 2.75) is 26.7 Å². The van der Waals surface area contributed by atoms with Gasteiger partial charge in [-0.1, -0.05) is 19.0 Å². The summed E-state index contributed by atoms with van der Waals surface area (Å²) in [6, 6.07) is 7.33. The lowest BCUT2D eigenvalue weighted by atomic mass is 10.1. The zero-order valence-electron chi connectivity index (χ0n) is 13.1. The second-order valence-corrected chi connectivity index (χ2v) is 5.45. The molecule has 0 aliphatic carbocycles. The maximum Gasteiger partial charge on any atom is 0.236 e. The molecule has 2 rings (SSSR count). The van der Waals surface area contributed by atoms with Crippen molar-refractivity contribution in [3.63, 3.8) is 0 Å². The van der Waals surface area contributed by atoms with Crippen LogP contribution in [-0.2, 0) is 11.2 Å². The van der Waals surface area contributed by atoms with Crippen molar-refractivity contribution in [1.82, 2.24) is 15.5 Å². The predicted molar refractivity (Wildman–Crippen MR) is 82.5 cm³/mol. The van der Waals surface area contributed by atoms with Gasteiger partial charge in [0.2, 0.25) is 17.6 Å². The van der Waals surface area contributed by atoms with Crippen LogP contribution < -0.4 is 10.1 Å². The van der Waals surface area contributed by atoms with E-state index < -0.39 is 0 Å². The molecular weight excluding hydrogens is 282 g/mol. The van der Waals surface area contributed by atoms with Gasteiger partial charge in [0.15, 0.2) is 0 Å². The van der Waals surface area contributed by atoms with E-state index in [4.69, 9.17) is 9.26 Å². The number of carbonyl (C=O) groups excluding carboxylic acids is 1. The number of nitrogens with one attached hydrogen (secondary N) is 1. The molecule has 0 unspecified atom stereocenters. The molecule has 22 heavy (non-hydrogen) atoms. The zero-order chi connectivity index (χ0) is 15.9. The van der Waals surface area contributed by atoms with Crippen molar-refractivity contribution in [2.24, 2.45) is 5.92 Å². The molecule has 1 amide bonds. The minimum atomic E-state index is -0.106. The van der Waals surface area contributed by atoms with Crippen LogP contribution in [0, 0.1) is 5.92 Å². The second kappa shape index (κ2) is 7.59. The lowest BCUT2D eigenvalue weighted by Crippen LogP contribution is -2.26. The van der Waals surface area contributed by atoms with Gasteiger partial charge >= 0.3 is 0 Å². The molecule has 0 fully saturated rings. The Morgan fingerprint density at radius 1 is 1.32 bits per heavy atom. The van der Waals surface area contributed by atoms with Gasteiger partial charge in [-0.25, -0.2) is 0 Å². The van der Waals surface area contributed by atoms with E-state index in [1.165, 1.54) is 0 Å². The maximum atomic E-state index is 11.8. The van der Waals surface area contributed by atoms with E-state index in [0.29, 0.717) is 24.2 Å². The summed E-state index contributed by atoms with van der Waals surface area (Å²) in [5, 5.41) is 6.74. The van der Waals surface area contributed by atoms with Gasteiger partial charge in [0, 0.05) is 12.1 Å². The molecule has 0 saturated carbocycles. The molecule has 0 bridgehead atoms. The summed E-state index contributed by atoms with van der Waals surface area (Å²) in [6.45, 7) is 4.90. The Hall–Kier alpha value is -2.37. The minimum absolute atomic E-state index is 0.0985. The summed E-state index contributed by atoms with van der Waals surface area (Å²) in [6.07, 6.45) is 1.05. The predicted octanol–water partition coefficient (Wildman–Crippen LogP) is 2.45. The summed E-state index contributed by atoms with van der Waals surface area (Å²) in [7, 11) is 1.61. The number of ether oxygens (including phenoxy) is 1. The summed E-state index contributed by atoms with van der Waals surface area (Å²) in [4.78, 5) is 16.0. The third-order valence-electron chi connectivity index (χ3n) is 3.17. The summed E-state index contributed by atoms with van der Waals surface area (Å²) in [5.74, 6) is 1.99. The monoisotopic (exact) mass is 303 g/mol. The average molecular weight is 303 g/mol. The third-order valence-corrected chi connectivity index (χ3v) is 3.17. The third kappa shape index (κ3) is 4.58. The SMILES string of the molecule is COc1ccc(-c2noc(CC(=O)NCCC(C)C)n2)cc1. The number of hydrogen-bond donors (Lipinski definition) is 1. The number of rotatable bonds is 7. The Kier molecular flexibility index (Phi) is 5.52. The number of aromatic nitrogens is 2. The van der Waals surface area contributed by atoms with Crippen molar-refractivity contribution in [2.75, 3.05) is 13.7 Å². The van der Waals surface area contributed by atoms with Crippen LogP contribution in [0.4, 0.5) is 0 Å². The van der Waals surface area contributed by atoms with Crippen LogP contribution in [-0.4, -0.2) is 29.7 Å². The van der Waals surface area contributed by atoms with E-state index in [9.17, 15) is 4.79 Å². The van der Waals surface area contributed by atoms with E-state index >= 15 is 0 Å². The Morgan fingerprint density at radius 3 is 2.68 bits per heavy atom. The molecule has 1 heterocycles. The largest absolute Gasteiger partial charge is 0.497 e. The molecule has 1 aromatic carbocycles. The number of methoxy groups -OCH3 is 1. The van der Waals surface area contributed by atoms with Crippen LogP contribution in [0.5, 0.6) is 5.75 Å². The van der Waals surface area contributed by atoms with Crippen molar-refractivity contribution < 1.29 is 14.1 Å². The molecule has 1 N–H and O–H groups in total. The van der Waals surface area contributed by atoms with Crippen molar-refractivity contribution >= 4 is 5.91 Å². The average Bonchev–Trinajstić information content (AvgIpc) is 2.95. The van der Waals surface area contributed by atoms with Gasteiger partial charge in [-0.05, 0) is 36.6 Å². The fraction of sp³-hybridized carbons (Fsp3) is 0.438. The van der Waals surface area contributed by atoms with Crippen LogP contribution >= 0.6 is 0 Å². The summed E-state index contributed by atoms with van der Waals surface area (Å²) >= 11 is 0. The normalized spacial score (nSPS) is 10.7. The second-order valence-electron chi connectivity index (χ2n) is 5.45. The van der Waals surface area contributed by atoms with Crippen molar-refractivity contribution in [1.29, 1.82) is 0 Å². The Balaban J connectivity index is 1.91. The number of amides is 1. The molecule has 0 atom stereocenters. The van der Waals surface area contributed by atoms with Gasteiger partial charge in [-0.2, -0.15) is 4.98 Å².